The SMILES string of the molecule is O=C(C1CCCCN1)N1CCN(S(=O)(=O)c2ccc(Cl)cc2)CC1. The number of carbonyl (C=O) groups excluding carboxylic acids is 1. The fraction of sp³-hybridized carbons (Fsp3) is 0.562. The second-order valence-electron chi connectivity index (χ2n) is 6.19. The lowest BCUT2D eigenvalue weighted by atomic mass is 10.0. The second kappa shape index (κ2) is 7.39. The van der Waals surface area contributed by atoms with Crippen LogP contribution in [0.1, 0.15) is 19.3 Å². The Labute approximate surface area is 147 Å². The van der Waals surface area contributed by atoms with Gasteiger partial charge in [-0.15, -0.1) is 0 Å². The Bertz CT molecular complexity index is 679. The fourth-order valence-corrected chi connectivity index (χ4v) is 4.74. The van der Waals surface area contributed by atoms with Crippen LogP contribution in [0.3, 0.4) is 0 Å². The number of rotatable bonds is 3. The fourth-order valence-electron chi connectivity index (χ4n) is 3.19. The number of sulfonamides is 1. The van der Waals surface area contributed by atoms with Crippen molar-refractivity contribution in [2.45, 2.75) is 30.2 Å². The molecule has 24 heavy (non-hydrogen) atoms. The smallest absolute Gasteiger partial charge is 0.243 e. The van der Waals surface area contributed by atoms with E-state index >= 15 is 0 Å². The Morgan fingerprint density at radius 1 is 1.08 bits per heavy atom. The van der Waals surface area contributed by atoms with Crippen molar-refractivity contribution in [1.29, 1.82) is 0 Å². The van der Waals surface area contributed by atoms with Crippen molar-refractivity contribution < 1.29 is 13.2 Å². The van der Waals surface area contributed by atoms with Crippen molar-refractivity contribution in [2.24, 2.45) is 0 Å². The van der Waals surface area contributed by atoms with Crippen LogP contribution in [0.4, 0.5) is 0 Å². The molecule has 8 heteroatoms. The van der Waals surface area contributed by atoms with Gasteiger partial charge in [0.2, 0.25) is 15.9 Å². The molecule has 1 N–H and O–H groups in total. The molecular weight excluding hydrogens is 350 g/mol. The molecule has 1 atom stereocenters. The molecule has 0 spiro atoms. The van der Waals surface area contributed by atoms with Crippen molar-refractivity contribution in [3.63, 3.8) is 0 Å². The number of hydrogen-bond donors (Lipinski definition) is 1. The van der Waals surface area contributed by atoms with Gasteiger partial charge in [0.05, 0.1) is 10.9 Å². The van der Waals surface area contributed by atoms with Crippen LogP contribution in [-0.2, 0) is 14.8 Å². The van der Waals surface area contributed by atoms with Gasteiger partial charge in [-0.05, 0) is 43.7 Å². The zero-order valence-electron chi connectivity index (χ0n) is 13.4. The van der Waals surface area contributed by atoms with Gasteiger partial charge in [-0.2, -0.15) is 4.31 Å². The minimum absolute atomic E-state index is 0.0956. The highest BCUT2D eigenvalue weighted by Gasteiger charge is 2.32. The molecule has 0 aromatic heterocycles. The largest absolute Gasteiger partial charge is 0.339 e. The van der Waals surface area contributed by atoms with Gasteiger partial charge in [-0.3, -0.25) is 4.79 Å². The standard InChI is InChI=1S/C16H22ClN3O3S/c17-13-4-6-14(7-5-13)24(22,23)20-11-9-19(10-12-20)16(21)15-3-1-2-8-18-15/h4-7,15,18H,1-3,8-12H2. The molecule has 1 aromatic carbocycles. The molecule has 1 aromatic rings. The number of piperazine rings is 1. The van der Waals surface area contributed by atoms with Gasteiger partial charge < -0.3 is 10.2 Å². The predicted octanol–water partition coefficient (Wildman–Crippen LogP) is 1.31. The molecule has 1 unspecified atom stereocenters. The van der Waals surface area contributed by atoms with E-state index in [1.165, 1.54) is 16.4 Å². The first-order valence-corrected chi connectivity index (χ1v) is 10.1. The van der Waals surface area contributed by atoms with Crippen molar-refractivity contribution in [2.75, 3.05) is 32.7 Å². The van der Waals surface area contributed by atoms with E-state index in [1.54, 1.807) is 17.0 Å². The van der Waals surface area contributed by atoms with Gasteiger partial charge in [-0.25, -0.2) is 8.42 Å². The van der Waals surface area contributed by atoms with Crippen LogP contribution >= 0.6 is 11.6 Å². The molecule has 0 bridgehead atoms. The highest BCUT2D eigenvalue weighted by molar-refractivity contribution is 7.89. The van der Waals surface area contributed by atoms with Crippen LogP contribution < -0.4 is 5.32 Å². The first-order valence-electron chi connectivity index (χ1n) is 8.26. The van der Waals surface area contributed by atoms with Crippen molar-refractivity contribution in [3.8, 4) is 0 Å². The topological polar surface area (TPSA) is 69.7 Å². The second-order valence-corrected chi connectivity index (χ2v) is 8.56. The summed E-state index contributed by atoms with van der Waals surface area (Å²) < 4.78 is 26.7. The number of amides is 1. The summed E-state index contributed by atoms with van der Waals surface area (Å²) in [6.07, 6.45) is 3.04. The highest BCUT2D eigenvalue weighted by Crippen LogP contribution is 2.20. The van der Waals surface area contributed by atoms with Crippen LogP contribution in [0.2, 0.25) is 5.02 Å². The van der Waals surface area contributed by atoms with Gasteiger partial charge in [0.25, 0.3) is 0 Å². The Morgan fingerprint density at radius 3 is 2.33 bits per heavy atom. The van der Waals surface area contributed by atoms with Crippen LogP contribution in [0, 0.1) is 0 Å². The summed E-state index contributed by atoms with van der Waals surface area (Å²) in [5, 5.41) is 3.76. The summed E-state index contributed by atoms with van der Waals surface area (Å²) in [6, 6.07) is 6.06. The first kappa shape index (κ1) is 17.7. The van der Waals surface area contributed by atoms with E-state index in [0.717, 1.165) is 25.8 Å². The van der Waals surface area contributed by atoms with Gasteiger partial charge in [0.15, 0.2) is 0 Å². The molecule has 1 amide bonds. The number of nitrogens with zero attached hydrogens (tertiary/aromatic N) is 2. The molecule has 2 saturated heterocycles. The maximum atomic E-state index is 12.6. The van der Waals surface area contributed by atoms with E-state index in [9.17, 15) is 13.2 Å². The minimum atomic E-state index is -3.53. The van der Waals surface area contributed by atoms with Crippen LogP contribution in [-0.4, -0.2) is 62.3 Å². The average molecular weight is 372 g/mol. The third-order valence-electron chi connectivity index (χ3n) is 4.61. The van der Waals surface area contributed by atoms with E-state index in [4.69, 9.17) is 11.6 Å². The van der Waals surface area contributed by atoms with Crippen molar-refractivity contribution >= 4 is 27.5 Å². The number of hydrogen-bond acceptors (Lipinski definition) is 4. The molecular formula is C16H22ClN3O3S. The maximum absolute atomic E-state index is 12.6. The Morgan fingerprint density at radius 2 is 1.75 bits per heavy atom. The van der Waals surface area contributed by atoms with Gasteiger partial charge in [0.1, 0.15) is 0 Å². The average Bonchev–Trinajstić information content (AvgIpc) is 2.62. The van der Waals surface area contributed by atoms with Crippen LogP contribution in [0.25, 0.3) is 0 Å². The lowest BCUT2D eigenvalue weighted by molar-refractivity contribution is -0.135. The molecule has 2 aliphatic rings. The monoisotopic (exact) mass is 371 g/mol. The van der Waals surface area contributed by atoms with Crippen molar-refractivity contribution in [1.82, 2.24) is 14.5 Å². The number of carbonyl (C=O) groups is 1. The molecule has 0 aliphatic carbocycles. The molecule has 0 saturated carbocycles. The molecule has 2 heterocycles. The lowest BCUT2D eigenvalue weighted by Crippen LogP contribution is -2.55. The summed E-state index contributed by atoms with van der Waals surface area (Å²) in [6.45, 7) is 2.39. The maximum Gasteiger partial charge on any atom is 0.243 e. The number of piperidine rings is 1. The van der Waals surface area contributed by atoms with E-state index < -0.39 is 10.0 Å². The lowest BCUT2D eigenvalue weighted by Gasteiger charge is -2.36. The quantitative estimate of drug-likeness (QED) is 0.869. The number of benzene rings is 1. The van der Waals surface area contributed by atoms with E-state index in [1.807, 2.05) is 0 Å². The third-order valence-corrected chi connectivity index (χ3v) is 6.77. The zero-order valence-corrected chi connectivity index (χ0v) is 15.0. The normalized spacial score (nSPS) is 23.2. The molecule has 3 rings (SSSR count). The number of halogens is 1. The van der Waals surface area contributed by atoms with Crippen LogP contribution in [0.5, 0.6) is 0 Å². The first-order chi connectivity index (χ1) is 11.5. The van der Waals surface area contributed by atoms with E-state index in [2.05, 4.69) is 5.32 Å². The van der Waals surface area contributed by atoms with Crippen molar-refractivity contribution in [3.05, 3.63) is 29.3 Å². The molecule has 2 aliphatic heterocycles. The minimum Gasteiger partial charge on any atom is -0.339 e. The molecule has 0 radical (unpaired) electrons. The Kier molecular flexibility index (Phi) is 5.44. The summed E-state index contributed by atoms with van der Waals surface area (Å²) >= 11 is 5.82. The predicted molar refractivity (Wildman–Crippen MR) is 92.4 cm³/mol. The summed E-state index contributed by atoms with van der Waals surface area (Å²) in [5.74, 6) is 0.0956. The number of nitrogens with one attached hydrogen (secondary N) is 1. The van der Waals surface area contributed by atoms with Gasteiger partial charge >= 0.3 is 0 Å². The molecule has 132 valence electrons. The van der Waals surface area contributed by atoms with Crippen LogP contribution in [0.15, 0.2) is 29.2 Å². The summed E-state index contributed by atoms with van der Waals surface area (Å²) in [5.41, 5.74) is 0. The molecule has 2 fully saturated rings. The van der Waals surface area contributed by atoms with E-state index in [-0.39, 0.29) is 16.8 Å². The molecule has 6 nitrogen and oxygen atoms in total. The summed E-state index contributed by atoms with van der Waals surface area (Å²) in [7, 11) is -3.53. The van der Waals surface area contributed by atoms with Gasteiger partial charge in [-0.1, -0.05) is 18.0 Å². The third kappa shape index (κ3) is 3.74. The zero-order chi connectivity index (χ0) is 17.2. The van der Waals surface area contributed by atoms with E-state index in [0.29, 0.717) is 31.2 Å². The Balaban J connectivity index is 1.62. The highest BCUT2D eigenvalue weighted by atomic mass is 35.5. The van der Waals surface area contributed by atoms with Gasteiger partial charge in [0, 0.05) is 31.2 Å². The summed E-state index contributed by atoms with van der Waals surface area (Å²) in [4.78, 5) is 14.5. The Hall–Kier alpha value is -1.15.